The van der Waals surface area contributed by atoms with Crippen LogP contribution in [0.15, 0.2) is 29.1 Å². The summed E-state index contributed by atoms with van der Waals surface area (Å²) in [6, 6.07) is 8.16. The van der Waals surface area contributed by atoms with Crippen LogP contribution in [0, 0.1) is 0 Å². The van der Waals surface area contributed by atoms with Gasteiger partial charge < -0.3 is 5.32 Å². The standard InChI is InChI=1S/C20H25N3O2/c1-3-14-17(20(25)23-22-18(14)4-2)12-21-19(24)16-11-7-9-13-8-5-6-10-15(13)16/h5-6,8,10,16H,3-4,7,9,11-12H2,1-2H3,(H,21,24)(H,23,25). The molecular weight excluding hydrogens is 314 g/mol. The Balaban J connectivity index is 1.79. The van der Waals surface area contributed by atoms with Gasteiger partial charge in [0.05, 0.1) is 11.6 Å². The van der Waals surface area contributed by atoms with E-state index in [1.165, 1.54) is 5.56 Å². The molecule has 1 aromatic heterocycles. The molecule has 132 valence electrons. The van der Waals surface area contributed by atoms with Crippen molar-refractivity contribution >= 4 is 5.91 Å². The zero-order chi connectivity index (χ0) is 17.8. The van der Waals surface area contributed by atoms with Crippen molar-refractivity contribution in [1.29, 1.82) is 0 Å². The smallest absolute Gasteiger partial charge is 0.269 e. The summed E-state index contributed by atoms with van der Waals surface area (Å²) < 4.78 is 0. The molecule has 1 heterocycles. The molecule has 1 aliphatic rings. The lowest BCUT2D eigenvalue weighted by atomic mass is 9.82. The lowest BCUT2D eigenvalue weighted by Gasteiger charge is -2.24. The summed E-state index contributed by atoms with van der Waals surface area (Å²) in [6.07, 6.45) is 4.40. The number of aromatic amines is 1. The number of nitrogens with zero attached hydrogens (tertiary/aromatic N) is 1. The second-order valence-electron chi connectivity index (χ2n) is 6.53. The number of nitrogens with one attached hydrogen (secondary N) is 2. The van der Waals surface area contributed by atoms with Crippen LogP contribution in [0.4, 0.5) is 0 Å². The summed E-state index contributed by atoms with van der Waals surface area (Å²) in [5.41, 5.74) is 4.66. The van der Waals surface area contributed by atoms with E-state index in [1.54, 1.807) is 0 Å². The monoisotopic (exact) mass is 339 g/mol. The Bertz CT molecular complexity index is 826. The first kappa shape index (κ1) is 17.4. The van der Waals surface area contributed by atoms with Gasteiger partial charge >= 0.3 is 0 Å². The van der Waals surface area contributed by atoms with Crippen LogP contribution in [0.5, 0.6) is 0 Å². The second kappa shape index (κ2) is 7.64. The van der Waals surface area contributed by atoms with Crippen LogP contribution in [0.1, 0.15) is 60.6 Å². The molecule has 0 fully saturated rings. The average molecular weight is 339 g/mol. The quantitative estimate of drug-likeness (QED) is 0.879. The Labute approximate surface area is 147 Å². The molecule has 0 saturated carbocycles. The number of aryl methyl sites for hydroxylation is 2. The highest BCUT2D eigenvalue weighted by atomic mass is 16.2. The van der Waals surface area contributed by atoms with Crippen molar-refractivity contribution in [2.75, 3.05) is 0 Å². The summed E-state index contributed by atoms with van der Waals surface area (Å²) >= 11 is 0. The highest BCUT2D eigenvalue weighted by Crippen LogP contribution is 2.31. The number of hydrogen-bond donors (Lipinski definition) is 2. The van der Waals surface area contributed by atoms with Gasteiger partial charge in [0, 0.05) is 12.1 Å². The number of carbonyl (C=O) groups is 1. The van der Waals surface area contributed by atoms with Crippen molar-refractivity contribution in [2.45, 2.75) is 58.4 Å². The van der Waals surface area contributed by atoms with E-state index in [9.17, 15) is 9.59 Å². The van der Waals surface area contributed by atoms with Gasteiger partial charge in [-0.25, -0.2) is 5.10 Å². The van der Waals surface area contributed by atoms with Gasteiger partial charge in [-0.15, -0.1) is 0 Å². The SMILES string of the molecule is CCc1n[nH]c(=O)c(CNC(=O)C2CCCc3ccccc32)c1CC. The Morgan fingerprint density at radius 1 is 1.24 bits per heavy atom. The van der Waals surface area contributed by atoms with Crippen molar-refractivity contribution in [2.24, 2.45) is 0 Å². The third-order valence-corrected chi connectivity index (χ3v) is 5.09. The third kappa shape index (κ3) is 3.50. The highest BCUT2D eigenvalue weighted by molar-refractivity contribution is 5.84. The maximum Gasteiger partial charge on any atom is 0.269 e. The first-order valence-electron chi connectivity index (χ1n) is 9.10. The lowest BCUT2D eigenvalue weighted by Crippen LogP contribution is -2.34. The summed E-state index contributed by atoms with van der Waals surface area (Å²) in [6.45, 7) is 4.28. The number of hydrogen-bond acceptors (Lipinski definition) is 3. The largest absolute Gasteiger partial charge is 0.351 e. The fourth-order valence-corrected chi connectivity index (χ4v) is 3.79. The average Bonchev–Trinajstić information content (AvgIpc) is 2.65. The van der Waals surface area contributed by atoms with E-state index in [2.05, 4.69) is 21.6 Å². The van der Waals surface area contributed by atoms with E-state index < -0.39 is 0 Å². The van der Waals surface area contributed by atoms with Crippen molar-refractivity contribution in [3.05, 3.63) is 62.6 Å². The van der Waals surface area contributed by atoms with Crippen LogP contribution >= 0.6 is 0 Å². The van der Waals surface area contributed by atoms with Gasteiger partial charge in [0.2, 0.25) is 5.91 Å². The summed E-state index contributed by atoms with van der Waals surface area (Å²) in [5.74, 6) is -0.120. The normalized spacial score (nSPS) is 16.3. The maximum atomic E-state index is 12.8. The fraction of sp³-hybridized carbons (Fsp3) is 0.450. The number of rotatable bonds is 5. The molecule has 1 amide bonds. The molecule has 5 heteroatoms. The Morgan fingerprint density at radius 2 is 2.04 bits per heavy atom. The molecule has 1 atom stereocenters. The highest BCUT2D eigenvalue weighted by Gasteiger charge is 2.26. The van der Waals surface area contributed by atoms with Gasteiger partial charge in [0.25, 0.3) is 5.56 Å². The molecule has 0 bridgehead atoms. The Hall–Kier alpha value is -2.43. The zero-order valence-corrected chi connectivity index (χ0v) is 14.9. The van der Waals surface area contributed by atoms with Gasteiger partial charge in [-0.05, 0) is 48.8 Å². The molecular formula is C20H25N3O2. The second-order valence-corrected chi connectivity index (χ2v) is 6.53. The maximum absolute atomic E-state index is 12.8. The van der Waals surface area contributed by atoms with Gasteiger partial charge in [-0.1, -0.05) is 38.1 Å². The summed E-state index contributed by atoms with van der Waals surface area (Å²) in [7, 11) is 0. The van der Waals surface area contributed by atoms with Crippen LogP contribution in [-0.2, 0) is 30.6 Å². The minimum absolute atomic E-state index is 0.00321. The Kier molecular flexibility index (Phi) is 5.31. The number of H-pyrrole nitrogens is 1. The molecule has 2 N–H and O–H groups in total. The minimum Gasteiger partial charge on any atom is -0.351 e. The molecule has 0 radical (unpaired) electrons. The number of benzene rings is 1. The van der Waals surface area contributed by atoms with E-state index in [0.29, 0.717) is 5.56 Å². The van der Waals surface area contributed by atoms with E-state index in [0.717, 1.165) is 48.9 Å². The van der Waals surface area contributed by atoms with Crippen LogP contribution < -0.4 is 10.9 Å². The summed E-state index contributed by atoms with van der Waals surface area (Å²) in [5, 5.41) is 9.67. The van der Waals surface area contributed by atoms with E-state index in [4.69, 9.17) is 0 Å². The van der Waals surface area contributed by atoms with Gasteiger partial charge in [-0.2, -0.15) is 5.10 Å². The molecule has 2 aromatic rings. The first-order valence-corrected chi connectivity index (χ1v) is 9.10. The van der Waals surface area contributed by atoms with E-state index in [-0.39, 0.29) is 23.9 Å². The van der Waals surface area contributed by atoms with Crippen molar-refractivity contribution < 1.29 is 4.79 Å². The molecule has 3 rings (SSSR count). The fourth-order valence-electron chi connectivity index (χ4n) is 3.79. The minimum atomic E-state index is -0.210. The first-order chi connectivity index (χ1) is 12.2. The molecule has 1 aromatic carbocycles. The van der Waals surface area contributed by atoms with Crippen LogP contribution in [0.3, 0.4) is 0 Å². The third-order valence-electron chi connectivity index (χ3n) is 5.09. The van der Waals surface area contributed by atoms with E-state index >= 15 is 0 Å². The predicted molar refractivity (Wildman–Crippen MR) is 97.6 cm³/mol. The molecule has 1 unspecified atom stereocenters. The number of amides is 1. The van der Waals surface area contributed by atoms with E-state index in [1.807, 2.05) is 32.0 Å². The van der Waals surface area contributed by atoms with Crippen LogP contribution in [-0.4, -0.2) is 16.1 Å². The number of aromatic nitrogens is 2. The lowest BCUT2D eigenvalue weighted by molar-refractivity contribution is -0.123. The topological polar surface area (TPSA) is 74.8 Å². The van der Waals surface area contributed by atoms with Gasteiger partial charge in [-0.3, -0.25) is 9.59 Å². The van der Waals surface area contributed by atoms with Gasteiger partial charge in [0.15, 0.2) is 0 Å². The molecule has 1 aliphatic carbocycles. The molecule has 25 heavy (non-hydrogen) atoms. The van der Waals surface area contributed by atoms with Crippen molar-refractivity contribution in [1.82, 2.24) is 15.5 Å². The zero-order valence-electron chi connectivity index (χ0n) is 14.9. The van der Waals surface area contributed by atoms with Gasteiger partial charge in [0.1, 0.15) is 0 Å². The molecule has 0 aliphatic heterocycles. The number of fused-ring (bicyclic) bond motifs is 1. The number of carbonyl (C=O) groups excluding carboxylic acids is 1. The predicted octanol–water partition coefficient (Wildman–Crippen LogP) is 2.63. The van der Waals surface area contributed by atoms with Crippen molar-refractivity contribution in [3.8, 4) is 0 Å². The van der Waals surface area contributed by atoms with Crippen molar-refractivity contribution in [3.63, 3.8) is 0 Å². The summed E-state index contributed by atoms with van der Waals surface area (Å²) in [4.78, 5) is 24.9. The van der Waals surface area contributed by atoms with Crippen LogP contribution in [0.25, 0.3) is 0 Å². The molecule has 0 saturated heterocycles. The Morgan fingerprint density at radius 3 is 2.80 bits per heavy atom. The van der Waals surface area contributed by atoms with Crippen LogP contribution in [0.2, 0.25) is 0 Å². The molecule has 0 spiro atoms. The molecule has 5 nitrogen and oxygen atoms in total.